The van der Waals surface area contributed by atoms with Gasteiger partial charge >= 0.3 is 0 Å². The number of nitrogens with zero attached hydrogens (tertiary/aromatic N) is 4. The molecule has 1 saturated carbocycles. The minimum atomic E-state index is 0.549. The van der Waals surface area contributed by atoms with Gasteiger partial charge in [0, 0.05) is 34.1 Å². The van der Waals surface area contributed by atoms with E-state index in [-0.39, 0.29) is 0 Å². The van der Waals surface area contributed by atoms with E-state index in [1.54, 1.807) is 0 Å². The average molecular weight is 957 g/mol. The van der Waals surface area contributed by atoms with Crippen molar-refractivity contribution in [2.45, 2.75) is 52.4 Å². The van der Waals surface area contributed by atoms with E-state index in [2.05, 4.69) is 204 Å². The third-order valence-electron chi connectivity index (χ3n) is 13.4. The normalized spacial score (nSPS) is 12.0. The lowest BCUT2D eigenvalue weighted by atomic mass is 9.93. The van der Waals surface area contributed by atoms with Gasteiger partial charge in [0.2, 0.25) is 5.69 Å². The third-order valence-corrected chi connectivity index (χ3v) is 13.4. The molecular formula is C70H60N4. The summed E-state index contributed by atoms with van der Waals surface area (Å²) in [5.74, 6) is 0. The SMILES string of the molecule is C1CCCCC1.[C-]#[N+]c1c2ccc(C=Cc3ccc(N(c4ccccc4)c4ccc(C)cc4)cc3)cc2c(C#N)c2ccc(C=Cc3ccc(N(c4ccccc4)c4ccc(C)cc4)cc3)cc12.c1ccccc1. The molecule has 1 fully saturated rings. The smallest absolute Gasteiger partial charge is 0.202 e. The Bertz CT molecular complexity index is 3290. The van der Waals surface area contributed by atoms with Crippen molar-refractivity contribution >= 4 is 85.7 Å². The zero-order valence-electron chi connectivity index (χ0n) is 42.3. The van der Waals surface area contributed by atoms with Crippen molar-refractivity contribution < 1.29 is 0 Å². The molecule has 0 amide bonds. The summed E-state index contributed by atoms with van der Waals surface area (Å²) in [6.07, 6.45) is 17.3. The topological polar surface area (TPSA) is 34.6 Å². The molecule has 4 nitrogen and oxygen atoms in total. The van der Waals surface area contributed by atoms with Crippen LogP contribution in [0.1, 0.15) is 77.5 Å². The highest BCUT2D eigenvalue weighted by Crippen LogP contribution is 2.41. The van der Waals surface area contributed by atoms with Crippen LogP contribution in [0.4, 0.5) is 39.8 Å². The molecule has 4 heteroatoms. The zero-order valence-corrected chi connectivity index (χ0v) is 42.3. The van der Waals surface area contributed by atoms with Gasteiger partial charge in [0.05, 0.1) is 12.1 Å². The van der Waals surface area contributed by atoms with Gasteiger partial charge in [0.15, 0.2) is 0 Å². The molecule has 0 atom stereocenters. The minimum Gasteiger partial charge on any atom is -0.311 e. The summed E-state index contributed by atoms with van der Waals surface area (Å²) in [5, 5.41) is 13.6. The van der Waals surface area contributed by atoms with Gasteiger partial charge in [-0.2, -0.15) is 5.26 Å². The van der Waals surface area contributed by atoms with Crippen LogP contribution in [0.3, 0.4) is 0 Å². The first-order chi connectivity index (χ1) is 36.4. The van der Waals surface area contributed by atoms with Crippen LogP contribution in [0.15, 0.2) is 231 Å². The Hall–Kier alpha value is -9.22. The van der Waals surface area contributed by atoms with E-state index in [9.17, 15) is 5.26 Å². The summed E-state index contributed by atoms with van der Waals surface area (Å²) >= 11 is 0. The molecule has 0 N–H and O–H groups in total. The van der Waals surface area contributed by atoms with E-state index in [1.807, 2.05) is 84.9 Å². The van der Waals surface area contributed by atoms with Gasteiger partial charge in [-0.15, -0.1) is 0 Å². The molecule has 0 unspecified atom stereocenters. The van der Waals surface area contributed by atoms with Gasteiger partial charge in [0.25, 0.3) is 0 Å². The van der Waals surface area contributed by atoms with Gasteiger partial charge in [0.1, 0.15) is 6.07 Å². The van der Waals surface area contributed by atoms with Gasteiger partial charge < -0.3 is 9.80 Å². The number of anilines is 6. The Balaban J connectivity index is 0.000000493. The maximum absolute atomic E-state index is 10.5. The Morgan fingerprint density at radius 3 is 1.05 bits per heavy atom. The summed E-state index contributed by atoms with van der Waals surface area (Å²) < 4.78 is 0. The fourth-order valence-electron chi connectivity index (χ4n) is 9.43. The predicted molar refractivity (Wildman–Crippen MR) is 316 cm³/mol. The number of nitriles is 1. The largest absolute Gasteiger partial charge is 0.311 e. The molecule has 0 radical (unpaired) electrons. The standard InChI is InChI=1S/C58H42N4.C6H12.C6H6/c1-41-14-28-49(29-15-41)61(47-10-6-4-7-11-47)51-32-22-43(23-33-51)18-20-45-27-37-54-55(38-45)57(40-59)53-36-26-46(39-56(53)58(54)60-3)21-19-44-24-34-52(35-25-44)62(48-12-8-5-9-13-48)50-30-16-42(2)17-31-50;2*1-2-4-6-5-3-1/h4-39H,1-2H3;1-6H2;1-6H. The molecular weight excluding hydrogens is 897 g/mol. The number of hydrogen-bond acceptors (Lipinski definition) is 3. The number of benzene rings is 10. The lowest BCUT2D eigenvalue weighted by Gasteiger charge is -2.25. The molecule has 10 aromatic carbocycles. The molecule has 0 bridgehead atoms. The summed E-state index contributed by atoms with van der Waals surface area (Å²) in [5.41, 5.74) is 14.1. The third kappa shape index (κ3) is 12.4. The average Bonchev–Trinajstić information content (AvgIpc) is 3.47. The number of aryl methyl sites for hydroxylation is 2. The first-order valence-electron chi connectivity index (χ1n) is 25.7. The zero-order chi connectivity index (χ0) is 50.9. The van der Waals surface area contributed by atoms with Crippen LogP contribution in [-0.2, 0) is 0 Å². The van der Waals surface area contributed by atoms with Crippen molar-refractivity contribution in [1.82, 2.24) is 0 Å². The Kier molecular flexibility index (Phi) is 16.6. The van der Waals surface area contributed by atoms with Crippen LogP contribution < -0.4 is 9.80 Å². The Morgan fingerprint density at radius 2 is 0.676 bits per heavy atom. The van der Waals surface area contributed by atoms with Crippen molar-refractivity contribution in [3.8, 4) is 6.07 Å². The van der Waals surface area contributed by atoms with E-state index in [0.29, 0.717) is 11.3 Å². The number of para-hydroxylation sites is 2. The van der Waals surface area contributed by atoms with Gasteiger partial charge in [-0.3, -0.25) is 0 Å². The summed E-state index contributed by atoms with van der Waals surface area (Å²) in [7, 11) is 0. The fraction of sp³-hybridized carbons (Fsp3) is 0.114. The van der Waals surface area contributed by atoms with Crippen LogP contribution in [0.5, 0.6) is 0 Å². The molecule has 0 heterocycles. The van der Waals surface area contributed by atoms with Gasteiger partial charge in [-0.05, 0) is 137 Å². The van der Waals surface area contributed by atoms with Gasteiger partial charge in [-0.25, -0.2) is 4.85 Å². The second-order valence-corrected chi connectivity index (χ2v) is 18.7. The predicted octanol–water partition coefficient (Wildman–Crippen LogP) is 20.3. The molecule has 0 aliphatic heterocycles. The lowest BCUT2D eigenvalue weighted by molar-refractivity contribution is 0.504. The van der Waals surface area contributed by atoms with Crippen molar-refractivity contribution in [3.63, 3.8) is 0 Å². The Labute approximate surface area is 437 Å². The van der Waals surface area contributed by atoms with E-state index >= 15 is 0 Å². The van der Waals surface area contributed by atoms with Crippen LogP contribution in [0, 0.1) is 31.8 Å². The molecule has 74 heavy (non-hydrogen) atoms. The summed E-state index contributed by atoms with van der Waals surface area (Å²) in [4.78, 5) is 8.53. The number of fused-ring (bicyclic) bond motifs is 2. The highest BCUT2D eigenvalue weighted by molar-refractivity contribution is 6.16. The van der Waals surface area contributed by atoms with Gasteiger partial charge in [-0.1, -0.05) is 226 Å². The van der Waals surface area contributed by atoms with E-state index in [4.69, 9.17) is 6.57 Å². The van der Waals surface area contributed by atoms with Crippen molar-refractivity contribution in [3.05, 3.63) is 281 Å². The van der Waals surface area contributed by atoms with Crippen LogP contribution in [0.2, 0.25) is 0 Å². The molecule has 11 rings (SSSR count). The van der Waals surface area contributed by atoms with Crippen LogP contribution in [0.25, 0.3) is 50.7 Å². The summed E-state index contributed by atoms with van der Waals surface area (Å²) in [6.45, 7) is 12.4. The quantitative estimate of drug-likeness (QED) is 0.0778. The second kappa shape index (κ2) is 24.8. The second-order valence-electron chi connectivity index (χ2n) is 18.7. The number of rotatable bonds is 10. The molecule has 1 aliphatic rings. The van der Waals surface area contributed by atoms with Crippen molar-refractivity contribution in [2.75, 3.05) is 9.80 Å². The van der Waals surface area contributed by atoms with E-state index in [1.165, 1.54) is 49.7 Å². The molecule has 10 aromatic rings. The van der Waals surface area contributed by atoms with E-state index in [0.717, 1.165) is 77.9 Å². The minimum absolute atomic E-state index is 0.549. The molecule has 0 spiro atoms. The fourth-order valence-corrected chi connectivity index (χ4v) is 9.43. The lowest BCUT2D eigenvalue weighted by Crippen LogP contribution is -2.09. The van der Waals surface area contributed by atoms with E-state index < -0.39 is 0 Å². The number of hydrogen-bond donors (Lipinski definition) is 0. The molecule has 0 aromatic heterocycles. The monoisotopic (exact) mass is 956 g/mol. The molecule has 0 saturated heterocycles. The first kappa shape index (κ1) is 49.7. The molecule has 360 valence electrons. The first-order valence-corrected chi connectivity index (χ1v) is 25.7. The van der Waals surface area contributed by atoms with Crippen molar-refractivity contribution in [2.24, 2.45) is 0 Å². The van der Waals surface area contributed by atoms with Crippen LogP contribution in [-0.4, -0.2) is 0 Å². The van der Waals surface area contributed by atoms with Crippen molar-refractivity contribution in [1.29, 1.82) is 5.26 Å². The highest BCUT2D eigenvalue weighted by Gasteiger charge is 2.16. The maximum Gasteiger partial charge on any atom is 0.202 e. The summed E-state index contributed by atoms with van der Waals surface area (Å²) in [6, 6.07) is 81.5. The van der Waals surface area contributed by atoms with Crippen LogP contribution >= 0.6 is 0 Å². The Morgan fingerprint density at radius 1 is 0.365 bits per heavy atom. The molecule has 1 aliphatic carbocycles. The highest BCUT2D eigenvalue weighted by atomic mass is 15.1. The maximum atomic E-state index is 10.5.